The minimum atomic E-state index is -0.980. The van der Waals surface area contributed by atoms with Crippen LogP contribution in [0.15, 0.2) is 36.5 Å². The topological polar surface area (TPSA) is 62.2 Å². The van der Waals surface area contributed by atoms with Gasteiger partial charge in [-0.05, 0) is 37.1 Å². The van der Waals surface area contributed by atoms with Crippen LogP contribution in [0.5, 0.6) is 0 Å². The first kappa shape index (κ1) is 14.3. The Bertz CT molecular complexity index is 612. The van der Waals surface area contributed by atoms with Crippen LogP contribution < -0.4 is 5.32 Å². The number of rotatable bonds is 5. The summed E-state index contributed by atoms with van der Waals surface area (Å²) in [4.78, 5) is 15.1. The van der Waals surface area contributed by atoms with E-state index in [1.807, 2.05) is 31.2 Å². The Balaban J connectivity index is 2.02. The van der Waals surface area contributed by atoms with Gasteiger partial charge in [0.1, 0.15) is 5.56 Å². The van der Waals surface area contributed by atoms with E-state index in [2.05, 4.69) is 10.3 Å². The number of aromatic carboxylic acids is 1. The third kappa shape index (κ3) is 3.71. The molecule has 0 saturated heterocycles. The Labute approximate surface area is 122 Å². The molecule has 1 aromatic heterocycles. The monoisotopic (exact) mass is 290 g/mol. The third-order valence-corrected chi connectivity index (χ3v) is 3.17. The molecule has 4 nitrogen and oxygen atoms in total. The second-order valence-corrected chi connectivity index (χ2v) is 4.92. The molecule has 0 atom stereocenters. The van der Waals surface area contributed by atoms with E-state index in [4.69, 9.17) is 16.7 Å². The van der Waals surface area contributed by atoms with Gasteiger partial charge in [0.15, 0.2) is 0 Å². The maximum Gasteiger partial charge on any atom is 0.339 e. The molecule has 1 heterocycles. The van der Waals surface area contributed by atoms with Gasteiger partial charge in [-0.25, -0.2) is 4.79 Å². The van der Waals surface area contributed by atoms with Gasteiger partial charge in [0.2, 0.25) is 0 Å². The van der Waals surface area contributed by atoms with Gasteiger partial charge in [-0.15, -0.1) is 0 Å². The minimum absolute atomic E-state index is 0.187. The Morgan fingerprint density at radius 2 is 2.05 bits per heavy atom. The van der Waals surface area contributed by atoms with Gasteiger partial charge in [-0.1, -0.05) is 23.7 Å². The van der Waals surface area contributed by atoms with Crippen molar-refractivity contribution in [2.75, 3.05) is 11.9 Å². The first-order valence-corrected chi connectivity index (χ1v) is 6.62. The maximum atomic E-state index is 11.1. The maximum absolute atomic E-state index is 11.1. The zero-order chi connectivity index (χ0) is 14.5. The molecule has 104 valence electrons. The average Bonchev–Trinajstić information content (AvgIpc) is 2.41. The van der Waals surface area contributed by atoms with Crippen LogP contribution in [0.1, 0.15) is 21.6 Å². The fraction of sp³-hybridized carbons (Fsp3) is 0.200. The number of benzene rings is 1. The van der Waals surface area contributed by atoms with E-state index in [-0.39, 0.29) is 5.56 Å². The fourth-order valence-corrected chi connectivity index (χ4v) is 2.00. The molecular weight excluding hydrogens is 276 g/mol. The number of nitrogens with zero attached hydrogens (tertiary/aromatic N) is 1. The van der Waals surface area contributed by atoms with Gasteiger partial charge in [0.25, 0.3) is 0 Å². The van der Waals surface area contributed by atoms with Crippen molar-refractivity contribution in [3.05, 3.63) is 58.4 Å². The number of aryl methyl sites for hydroxylation is 1. The van der Waals surface area contributed by atoms with Crippen LogP contribution in [0.2, 0.25) is 5.02 Å². The average molecular weight is 291 g/mol. The van der Waals surface area contributed by atoms with Gasteiger partial charge < -0.3 is 10.4 Å². The largest absolute Gasteiger partial charge is 0.478 e. The second kappa shape index (κ2) is 6.39. The number of hydrogen-bond acceptors (Lipinski definition) is 3. The molecule has 1 aromatic carbocycles. The predicted octanol–water partition coefficient (Wildman–Crippen LogP) is 3.40. The van der Waals surface area contributed by atoms with Crippen molar-refractivity contribution in [3.63, 3.8) is 0 Å². The summed E-state index contributed by atoms with van der Waals surface area (Å²) in [5.41, 5.74) is 2.71. The summed E-state index contributed by atoms with van der Waals surface area (Å²) < 4.78 is 0. The molecule has 0 aliphatic heterocycles. The Kier molecular flexibility index (Phi) is 4.58. The number of nitrogens with one attached hydrogen (secondary N) is 1. The van der Waals surface area contributed by atoms with Crippen molar-refractivity contribution in [1.29, 1.82) is 0 Å². The van der Waals surface area contributed by atoms with Crippen molar-refractivity contribution < 1.29 is 9.90 Å². The number of carboxylic acid groups (broad SMARTS) is 1. The molecule has 0 aliphatic carbocycles. The minimum Gasteiger partial charge on any atom is -0.478 e. The van der Waals surface area contributed by atoms with Crippen LogP contribution in [0.25, 0.3) is 0 Å². The van der Waals surface area contributed by atoms with E-state index < -0.39 is 5.97 Å². The molecule has 0 spiro atoms. The summed E-state index contributed by atoms with van der Waals surface area (Å²) in [5.74, 6) is -0.980. The highest BCUT2D eigenvalue weighted by molar-refractivity contribution is 6.30. The number of pyridine rings is 1. The molecule has 0 amide bonds. The predicted molar refractivity (Wildman–Crippen MR) is 79.6 cm³/mol. The Morgan fingerprint density at radius 1 is 1.35 bits per heavy atom. The molecular formula is C15H15ClN2O2. The van der Waals surface area contributed by atoms with E-state index in [0.717, 1.165) is 17.7 Å². The lowest BCUT2D eigenvalue weighted by Gasteiger charge is -2.10. The Morgan fingerprint density at radius 3 is 2.70 bits per heavy atom. The molecule has 2 N–H and O–H groups in total. The van der Waals surface area contributed by atoms with E-state index in [1.165, 1.54) is 6.20 Å². The van der Waals surface area contributed by atoms with Gasteiger partial charge in [-0.2, -0.15) is 0 Å². The smallest absolute Gasteiger partial charge is 0.339 e. The summed E-state index contributed by atoms with van der Waals surface area (Å²) in [6, 6.07) is 9.34. The van der Waals surface area contributed by atoms with Gasteiger partial charge in [0, 0.05) is 23.5 Å². The molecule has 0 saturated carbocycles. The van der Waals surface area contributed by atoms with Crippen LogP contribution in [0.4, 0.5) is 5.69 Å². The van der Waals surface area contributed by atoms with E-state index in [0.29, 0.717) is 17.3 Å². The van der Waals surface area contributed by atoms with Crippen molar-refractivity contribution in [2.45, 2.75) is 13.3 Å². The van der Waals surface area contributed by atoms with E-state index >= 15 is 0 Å². The van der Waals surface area contributed by atoms with Crippen LogP contribution in [-0.2, 0) is 6.42 Å². The summed E-state index contributed by atoms with van der Waals surface area (Å²) in [5, 5.41) is 13.0. The highest BCUT2D eigenvalue weighted by Crippen LogP contribution is 2.16. The zero-order valence-corrected chi connectivity index (χ0v) is 11.8. The van der Waals surface area contributed by atoms with Gasteiger partial charge in [0.05, 0.1) is 5.69 Å². The zero-order valence-electron chi connectivity index (χ0n) is 11.1. The molecule has 0 radical (unpaired) electrons. The molecule has 0 unspecified atom stereocenters. The standard InChI is InChI=1S/C15H15ClN2O2/c1-10-8-14(13(9-18-10)15(19)20)17-7-6-11-2-4-12(16)5-3-11/h2-5,8-9H,6-7H2,1H3,(H,17,18)(H,19,20). The van der Waals surface area contributed by atoms with Crippen LogP contribution >= 0.6 is 11.6 Å². The molecule has 2 aromatic rings. The first-order valence-electron chi connectivity index (χ1n) is 6.24. The number of aromatic nitrogens is 1. The van der Waals surface area contributed by atoms with Gasteiger partial charge >= 0.3 is 5.97 Å². The van der Waals surface area contributed by atoms with Crippen molar-refractivity contribution in [1.82, 2.24) is 4.98 Å². The van der Waals surface area contributed by atoms with Crippen LogP contribution in [0.3, 0.4) is 0 Å². The second-order valence-electron chi connectivity index (χ2n) is 4.48. The molecule has 0 aliphatic rings. The van der Waals surface area contributed by atoms with E-state index in [1.54, 1.807) is 6.07 Å². The molecule has 2 rings (SSSR count). The molecule has 0 bridgehead atoms. The summed E-state index contributed by atoms with van der Waals surface area (Å²) in [6.07, 6.45) is 2.17. The summed E-state index contributed by atoms with van der Waals surface area (Å²) in [7, 11) is 0. The highest BCUT2D eigenvalue weighted by atomic mass is 35.5. The first-order chi connectivity index (χ1) is 9.56. The van der Waals surface area contributed by atoms with Crippen molar-refractivity contribution in [2.24, 2.45) is 0 Å². The highest BCUT2D eigenvalue weighted by Gasteiger charge is 2.10. The van der Waals surface area contributed by atoms with Gasteiger partial charge in [-0.3, -0.25) is 4.98 Å². The lowest BCUT2D eigenvalue weighted by atomic mass is 10.1. The number of carboxylic acids is 1. The number of hydrogen-bond donors (Lipinski definition) is 2. The van der Waals surface area contributed by atoms with Crippen LogP contribution in [0, 0.1) is 6.92 Å². The number of anilines is 1. The molecule has 0 fully saturated rings. The third-order valence-electron chi connectivity index (χ3n) is 2.91. The quantitative estimate of drug-likeness (QED) is 0.886. The number of carbonyl (C=O) groups is 1. The molecule has 5 heteroatoms. The fourth-order valence-electron chi connectivity index (χ4n) is 1.87. The van der Waals surface area contributed by atoms with E-state index in [9.17, 15) is 4.79 Å². The molecule has 20 heavy (non-hydrogen) atoms. The summed E-state index contributed by atoms with van der Waals surface area (Å²) in [6.45, 7) is 2.47. The summed E-state index contributed by atoms with van der Waals surface area (Å²) >= 11 is 5.83. The van der Waals surface area contributed by atoms with Crippen molar-refractivity contribution >= 4 is 23.3 Å². The number of halogens is 1. The normalized spacial score (nSPS) is 10.3. The lowest BCUT2D eigenvalue weighted by molar-refractivity contribution is 0.0697. The Hall–Kier alpha value is -2.07. The van der Waals surface area contributed by atoms with Crippen LogP contribution in [-0.4, -0.2) is 22.6 Å². The van der Waals surface area contributed by atoms with Crippen molar-refractivity contribution in [3.8, 4) is 0 Å². The SMILES string of the molecule is Cc1cc(NCCc2ccc(Cl)cc2)c(C(=O)O)cn1. The lowest BCUT2D eigenvalue weighted by Crippen LogP contribution is -2.10.